The molecule has 0 bridgehead atoms. The van der Waals surface area contributed by atoms with Gasteiger partial charge in [0.2, 0.25) is 0 Å². The lowest BCUT2D eigenvalue weighted by molar-refractivity contribution is 0.395. The number of hydrogen-bond acceptors (Lipinski definition) is 3. The number of benzene rings is 2. The Kier molecular flexibility index (Phi) is 4.18. The summed E-state index contributed by atoms with van der Waals surface area (Å²) in [6, 6.07) is 18.6. The van der Waals surface area contributed by atoms with Crippen molar-refractivity contribution in [3.8, 4) is 32.4 Å². The van der Waals surface area contributed by atoms with Crippen molar-refractivity contribution >= 4 is 20.7 Å². The van der Waals surface area contributed by atoms with E-state index < -0.39 is 0 Å². The molecule has 0 fully saturated rings. The zero-order valence-corrected chi connectivity index (χ0v) is 13.5. The van der Waals surface area contributed by atoms with Crippen LogP contribution < -0.4 is 9.47 Å². The molecule has 0 N–H and O–H groups in total. The van der Waals surface area contributed by atoms with Crippen LogP contribution in [0.5, 0.6) is 11.5 Å². The van der Waals surface area contributed by atoms with Crippen LogP contribution in [0.2, 0.25) is 0 Å². The van der Waals surface area contributed by atoms with Crippen LogP contribution in [0.4, 0.5) is 0 Å². The molecule has 21 heavy (non-hydrogen) atoms. The Morgan fingerprint density at radius 3 is 2.43 bits per heavy atom. The lowest BCUT2D eigenvalue weighted by atomic mass is 10.1. The van der Waals surface area contributed by atoms with Gasteiger partial charge in [0.15, 0.2) is 10.3 Å². The summed E-state index contributed by atoms with van der Waals surface area (Å²) in [7, 11) is 6.89. The minimum Gasteiger partial charge on any atom is -0.497 e. The van der Waals surface area contributed by atoms with Crippen molar-refractivity contribution in [3.63, 3.8) is 0 Å². The molecule has 0 radical (unpaired) electrons. The standard InChI is InChI=1S/C17H15O2S2/c1-18-13-8-9-14(15(10-13)19-2)17-11-16(20-21-17)12-6-4-3-5-7-12/h3-11H,1-2H3/q+1. The molecule has 0 unspecified atom stereocenters. The van der Waals surface area contributed by atoms with Crippen molar-refractivity contribution in [3.05, 3.63) is 54.6 Å². The Hall–Kier alpha value is -1.91. The molecule has 0 aliphatic rings. The third kappa shape index (κ3) is 2.91. The van der Waals surface area contributed by atoms with Crippen LogP contribution in [0, 0.1) is 0 Å². The first kappa shape index (κ1) is 14.0. The summed E-state index contributed by atoms with van der Waals surface area (Å²) in [5.41, 5.74) is 2.35. The van der Waals surface area contributed by atoms with Crippen LogP contribution in [0.1, 0.15) is 0 Å². The van der Waals surface area contributed by atoms with E-state index in [0.717, 1.165) is 17.1 Å². The van der Waals surface area contributed by atoms with E-state index in [0.29, 0.717) is 0 Å². The molecule has 4 heteroatoms. The number of hydrogen-bond donors (Lipinski definition) is 0. The molecule has 3 aromatic rings. The monoisotopic (exact) mass is 315 g/mol. The second-order valence-corrected chi connectivity index (χ2v) is 6.68. The maximum absolute atomic E-state index is 5.49. The van der Waals surface area contributed by atoms with Gasteiger partial charge in [0.25, 0.3) is 4.88 Å². The van der Waals surface area contributed by atoms with Crippen molar-refractivity contribution in [2.24, 2.45) is 0 Å². The highest BCUT2D eigenvalue weighted by Crippen LogP contribution is 2.41. The molecule has 0 saturated heterocycles. The molecule has 3 rings (SSSR count). The molecule has 1 heterocycles. The van der Waals surface area contributed by atoms with Crippen LogP contribution in [-0.4, -0.2) is 14.2 Å². The maximum atomic E-state index is 5.49. The Morgan fingerprint density at radius 2 is 1.71 bits per heavy atom. The maximum Gasteiger partial charge on any atom is 0.301 e. The molecule has 0 atom stereocenters. The first-order valence-corrected chi connectivity index (χ1v) is 8.68. The molecule has 0 aliphatic carbocycles. The Balaban J connectivity index is 2.00. The predicted octanol–water partition coefficient (Wildman–Crippen LogP) is 5.44. The fourth-order valence-corrected chi connectivity index (χ4v) is 4.58. The molecule has 2 aromatic carbocycles. The van der Waals surface area contributed by atoms with E-state index in [1.165, 1.54) is 15.3 Å². The molecule has 1 aromatic heterocycles. The molecule has 106 valence electrons. The Bertz CT molecular complexity index is 736. The van der Waals surface area contributed by atoms with Crippen molar-refractivity contribution in [2.45, 2.75) is 0 Å². The van der Waals surface area contributed by atoms with Crippen LogP contribution in [0.25, 0.3) is 20.9 Å². The van der Waals surface area contributed by atoms with Gasteiger partial charge in [-0.05, 0) is 24.3 Å². The van der Waals surface area contributed by atoms with Gasteiger partial charge >= 0.3 is 10.3 Å². The van der Waals surface area contributed by atoms with Crippen LogP contribution in [0.15, 0.2) is 54.6 Å². The van der Waals surface area contributed by atoms with Gasteiger partial charge in [-0.3, -0.25) is 0 Å². The smallest absolute Gasteiger partial charge is 0.301 e. The highest BCUT2D eigenvalue weighted by molar-refractivity contribution is 7.72. The first-order chi connectivity index (χ1) is 10.3. The van der Waals surface area contributed by atoms with E-state index in [1.54, 1.807) is 34.9 Å². The second-order valence-electron chi connectivity index (χ2n) is 4.47. The lowest BCUT2D eigenvalue weighted by Gasteiger charge is -2.07. The van der Waals surface area contributed by atoms with E-state index in [-0.39, 0.29) is 0 Å². The first-order valence-electron chi connectivity index (χ1n) is 6.53. The van der Waals surface area contributed by atoms with E-state index in [9.17, 15) is 0 Å². The van der Waals surface area contributed by atoms with Gasteiger partial charge < -0.3 is 9.47 Å². The quantitative estimate of drug-likeness (QED) is 0.471. The number of methoxy groups -OCH3 is 2. The van der Waals surface area contributed by atoms with Gasteiger partial charge in [0.05, 0.1) is 14.2 Å². The lowest BCUT2D eigenvalue weighted by Crippen LogP contribution is -1.89. The topological polar surface area (TPSA) is 18.5 Å². The summed E-state index contributed by atoms with van der Waals surface area (Å²) < 4.78 is 10.7. The van der Waals surface area contributed by atoms with Gasteiger partial charge in [-0.15, -0.1) is 0 Å². The van der Waals surface area contributed by atoms with E-state index in [2.05, 4.69) is 30.3 Å². The normalized spacial score (nSPS) is 10.4. The molecular weight excluding hydrogens is 300 g/mol. The largest absolute Gasteiger partial charge is 0.497 e. The highest BCUT2D eigenvalue weighted by atomic mass is 32.9. The summed E-state index contributed by atoms with van der Waals surface area (Å²) in [5, 5.41) is 0. The fourth-order valence-electron chi connectivity index (χ4n) is 2.12. The summed E-state index contributed by atoms with van der Waals surface area (Å²) >= 11 is 0. The molecule has 0 spiro atoms. The average Bonchev–Trinajstić information content (AvgIpc) is 3.04. The predicted molar refractivity (Wildman–Crippen MR) is 90.6 cm³/mol. The van der Waals surface area contributed by atoms with Gasteiger partial charge in [-0.2, -0.15) is 0 Å². The zero-order valence-electron chi connectivity index (χ0n) is 11.8. The molecule has 0 saturated carbocycles. The van der Waals surface area contributed by atoms with Gasteiger partial charge in [0.1, 0.15) is 16.4 Å². The summed E-state index contributed by atoms with van der Waals surface area (Å²) in [5.74, 6) is 1.64. The van der Waals surface area contributed by atoms with Gasteiger partial charge in [-0.1, -0.05) is 18.2 Å². The Morgan fingerprint density at radius 1 is 0.905 bits per heavy atom. The average molecular weight is 315 g/mol. The van der Waals surface area contributed by atoms with E-state index in [1.807, 2.05) is 24.3 Å². The fraction of sp³-hybridized carbons (Fsp3) is 0.118. The zero-order chi connectivity index (χ0) is 14.7. The summed E-state index contributed by atoms with van der Waals surface area (Å²) in [6.45, 7) is 0. The molecule has 2 nitrogen and oxygen atoms in total. The van der Waals surface area contributed by atoms with Gasteiger partial charge in [-0.25, -0.2) is 0 Å². The van der Waals surface area contributed by atoms with Crippen molar-refractivity contribution in [1.29, 1.82) is 0 Å². The van der Waals surface area contributed by atoms with E-state index >= 15 is 0 Å². The van der Waals surface area contributed by atoms with E-state index in [4.69, 9.17) is 9.47 Å². The molecule has 0 aliphatic heterocycles. The minimum absolute atomic E-state index is 0.805. The number of ether oxygens (including phenoxy) is 2. The van der Waals surface area contributed by atoms with Crippen LogP contribution in [-0.2, 0) is 0 Å². The minimum atomic E-state index is 0.805. The summed E-state index contributed by atoms with van der Waals surface area (Å²) in [4.78, 5) is 2.48. The third-order valence-electron chi connectivity index (χ3n) is 3.22. The SMILES string of the molecule is COc1ccc(-c2cc(-c3ccccc3)[s+]s2)c(OC)c1. The van der Waals surface area contributed by atoms with Crippen LogP contribution in [0.3, 0.4) is 0 Å². The molecular formula is C17H15O2S2+. The summed E-state index contributed by atoms with van der Waals surface area (Å²) in [6.07, 6.45) is 0. The highest BCUT2D eigenvalue weighted by Gasteiger charge is 2.19. The number of rotatable bonds is 4. The second kappa shape index (κ2) is 6.24. The Labute approximate surface area is 131 Å². The van der Waals surface area contributed by atoms with Crippen molar-refractivity contribution < 1.29 is 9.47 Å². The van der Waals surface area contributed by atoms with Crippen molar-refractivity contribution in [1.82, 2.24) is 0 Å². The van der Waals surface area contributed by atoms with Crippen molar-refractivity contribution in [2.75, 3.05) is 14.2 Å². The molecule has 0 amide bonds. The van der Waals surface area contributed by atoms with Gasteiger partial charge in [0, 0.05) is 23.3 Å². The third-order valence-corrected chi connectivity index (χ3v) is 5.68. The van der Waals surface area contributed by atoms with Crippen LogP contribution >= 0.6 is 20.7 Å².